The zero-order chi connectivity index (χ0) is 7.28. The molecular formula is C2H2Cl4O3. The van der Waals surface area contributed by atoms with Crippen LogP contribution in [0.25, 0.3) is 0 Å². The molecule has 9 heavy (non-hydrogen) atoms. The van der Waals surface area contributed by atoms with E-state index < -0.39 is 10.0 Å². The molecule has 0 aliphatic heterocycles. The molecule has 0 aromatic carbocycles. The summed E-state index contributed by atoms with van der Waals surface area (Å²) in [5, 5.41) is 1.57. The molecule has 7 heteroatoms. The molecule has 0 fully saturated rings. The lowest BCUT2D eigenvalue weighted by atomic mass is 11.7. The maximum absolute atomic E-state index is 5.01. The van der Waals surface area contributed by atoms with Crippen molar-refractivity contribution in [3.63, 3.8) is 0 Å². The quantitative estimate of drug-likeness (QED) is 0.410. The Balaban J connectivity index is 2.91. The van der Waals surface area contributed by atoms with E-state index in [2.05, 4.69) is 14.8 Å². The third-order valence-corrected chi connectivity index (χ3v) is 0.515. The monoisotopic (exact) mass is 214 g/mol. The lowest BCUT2D eigenvalue weighted by Gasteiger charge is -2.01. The molecular weight excluding hydrogens is 214 g/mol. The van der Waals surface area contributed by atoms with E-state index in [-0.39, 0.29) is 0 Å². The molecule has 0 amide bonds. The van der Waals surface area contributed by atoms with E-state index >= 15 is 0 Å². The molecule has 0 aromatic heterocycles. The van der Waals surface area contributed by atoms with Crippen molar-refractivity contribution in [1.82, 2.24) is 0 Å². The Morgan fingerprint density at radius 1 is 0.778 bits per heavy atom. The van der Waals surface area contributed by atoms with E-state index in [1.54, 1.807) is 0 Å². The molecule has 0 atom stereocenters. The van der Waals surface area contributed by atoms with Crippen LogP contribution in [0.3, 0.4) is 0 Å². The van der Waals surface area contributed by atoms with Crippen LogP contribution in [0.1, 0.15) is 0 Å². The van der Waals surface area contributed by atoms with Crippen molar-refractivity contribution in [2.24, 2.45) is 0 Å². The molecule has 0 saturated carbocycles. The number of hydrogen-bond donors (Lipinski definition) is 0. The van der Waals surface area contributed by atoms with Gasteiger partial charge >= 0.3 is 0 Å². The molecule has 0 aliphatic rings. The van der Waals surface area contributed by atoms with Crippen molar-refractivity contribution in [3.8, 4) is 0 Å². The van der Waals surface area contributed by atoms with E-state index in [0.29, 0.717) is 0 Å². The minimum absolute atomic E-state index is 1.13. The highest BCUT2D eigenvalue weighted by atomic mass is 35.5. The maximum atomic E-state index is 5.01. The Hall–Kier alpha value is 1.04. The fourth-order valence-corrected chi connectivity index (χ4v) is 0.201. The number of halogens is 4. The second-order valence-corrected chi connectivity index (χ2v) is 2.81. The van der Waals surface area contributed by atoms with E-state index in [1.165, 1.54) is 0 Å². The Morgan fingerprint density at radius 3 is 1.33 bits per heavy atom. The van der Waals surface area contributed by atoms with Crippen molar-refractivity contribution in [3.05, 3.63) is 0 Å². The summed E-state index contributed by atoms with van der Waals surface area (Å²) in [7, 11) is 0. The molecule has 0 spiro atoms. The van der Waals surface area contributed by atoms with Gasteiger partial charge in [-0.2, -0.15) is 9.78 Å². The summed E-state index contributed by atoms with van der Waals surface area (Å²) in [6.45, 7) is 0. The predicted molar refractivity (Wildman–Crippen MR) is 34.2 cm³/mol. The topological polar surface area (TPSA) is 27.7 Å². The summed E-state index contributed by atoms with van der Waals surface area (Å²) in [4.78, 5) is 7.98. The molecule has 0 aliphatic carbocycles. The highest BCUT2D eigenvalue weighted by molar-refractivity contribution is 6.43. The normalized spacial score (nSPS) is 11.3. The number of hydrogen-bond acceptors (Lipinski definition) is 3. The largest absolute Gasteiger partial charge is 0.242 e. The predicted octanol–water partition coefficient (Wildman–Crippen LogP) is 2.39. The van der Waals surface area contributed by atoms with Gasteiger partial charge in [-0.05, 0) is 0 Å². The summed E-state index contributed by atoms with van der Waals surface area (Å²) in [5.41, 5.74) is 0. The average Bonchev–Trinajstić information content (AvgIpc) is 1.63. The van der Waals surface area contributed by atoms with Crippen LogP contribution in [0.15, 0.2) is 0 Å². The average molecular weight is 216 g/mol. The van der Waals surface area contributed by atoms with Crippen LogP contribution >= 0.6 is 46.4 Å². The molecule has 0 aromatic rings. The van der Waals surface area contributed by atoms with Crippen LogP contribution in [0.5, 0.6) is 0 Å². The molecule has 3 nitrogen and oxygen atoms in total. The van der Waals surface area contributed by atoms with E-state index in [9.17, 15) is 0 Å². The molecule has 0 saturated heterocycles. The zero-order valence-electron chi connectivity index (χ0n) is 3.89. The van der Waals surface area contributed by atoms with E-state index in [1.807, 2.05) is 0 Å². The lowest BCUT2D eigenvalue weighted by Crippen LogP contribution is -2.02. The van der Waals surface area contributed by atoms with Crippen LogP contribution in [-0.2, 0) is 14.8 Å². The molecule has 0 bridgehead atoms. The van der Waals surface area contributed by atoms with Crippen molar-refractivity contribution in [2.45, 2.75) is 10.0 Å². The van der Waals surface area contributed by atoms with E-state index in [4.69, 9.17) is 46.4 Å². The smallest absolute Gasteiger partial charge is 0.170 e. The summed E-state index contributed by atoms with van der Waals surface area (Å²) >= 11 is 20.1. The van der Waals surface area contributed by atoms with Gasteiger partial charge in [0.15, 0.2) is 0 Å². The highest BCUT2D eigenvalue weighted by Crippen LogP contribution is 2.08. The van der Waals surface area contributed by atoms with Crippen LogP contribution in [0.2, 0.25) is 0 Å². The van der Waals surface area contributed by atoms with Gasteiger partial charge in [0.25, 0.3) is 0 Å². The van der Waals surface area contributed by atoms with Gasteiger partial charge in [-0.3, -0.25) is 0 Å². The maximum Gasteiger partial charge on any atom is 0.242 e. The lowest BCUT2D eigenvalue weighted by molar-refractivity contribution is -0.510. The Bertz CT molecular complexity index is 58.8. The first-order valence-corrected chi connectivity index (χ1v) is 3.42. The third-order valence-electron chi connectivity index (χ3n) is 0.224. The summed E-state index contributed by atoms with van der Waals surface area (Å²) < 4.78 is 0. The Kier molecular flexibility index (Phi) is 6.47. The van der Waals surface area contributed by atoms with Gasteiger partial charge in [-0.1, -0.05) is 51.4 Å². The van der Waals surface area contributed by atoms with Crippen LogP contribution in [0.4, 0.5) is 0 Å². The first-order valence-electron chi connectivity index (χ1n) is 1.68. The fourth-order valence-electron chi connectivity index (χ4n) is 0.0821. The second kappa shape index (κ2) is 5.80. The Morgan fingerprint density at radius 2 is 1.11 bits per heavy atom. The Labute approximate surface area is 71.5 Å². The molecule has 0 N–H and O–H groups in total. The van der Waals surface area contributed by atoms with Gasteiger partial charge in [0, 0.05) is 0 Å². The van der Waals surface area contributed by atoms with Crippen LogP contribution in [-0.4, -0.2) is 10.0 Å². The number of rotatable bonds is 4. The van der Waals surface area contributed by atoms with Gasteiger partial charge in [-0.15, -0.1) is 0 Å². The van der Waals surface area contributed by atoms with Crippen molar-refractivity contribution >= 4 is 46.4 Å². The molecule has 0 rings (SSSR count). The first kappa shape index (κ1) is 10.0. The second-order valence-electron chi connectivity index (χ2n) is 0.782. The molecule has 0 heterocycles. The van der Waals surface area contributed by atoms with Crippen molar-refractivity contribution in [2.75, 3.05) is 0 Å². The highest BCUT2D eigenvalue weighted by Gasteiger charge is 2.02. The van der Waals surface area contributed by atoms with Crippen molar-refractivity contribution in [1.29, 1.82) is 0 Å². The van der Waals surface area contributed by atoms with Crippen LogP contribution < -0.4 is 0 Å². The first-order chi connectivity index (χ1) is 4.13. The molecule has 56 valence electrons. The fraction of sp³-hybridized carbons (Fsp3) is 1.00. The molecule has 0 radical (unpaired) electrons. The standard InChI is InChI=1S/C2H2Cl4O3/c3-1(4)7-9-8-2(5)6/h1-2H. The summed E-state index contributed by atoms with van der Waals surface area (Å²) in [6, 6.07) is 0. The number of alkyl halides is 4. The minimum Gasteiger partial charge on any atom is -0.170 e. The third kappa shape index (κ3) is 9.04. The van der Waals surface area contributed by atoms with Gasteiger partial charge in [0.05, 0.1) is 0 Å². The minimum atomic E-state index is -1.13. The van der Waals surface area contributed by atoms with Gasteiger partial charge in [0.1, 0.15) is 0 Å². The van der Waals surface area contributed by atoms with E-state index in [0.717, 1.165) is 0 Å². The van der Waals surface area contributed by atoms with Gasteiger partial charge < -0.3 is 0 Å². The summed E-state index contributed by atoms with van der Waals surface area (Å²) in [5.74, 6) is 0. The van der Waals surface area contributed by atoms with Gasteiger partial charge in [0.2, 0.25) is 10.0 Å². The molecule has 0 unspecified atom stereocenters. The van der Waals surface area contributed by atoms with Gasteiger partial charge in [-0.25, -0.2) is 0 Å². The van der Waals surface area contributed by atoms with Crippen LogP contribution in [0, 0.1) is 0 Å². The zero-order valence-corrected chi connectivity index (χ0v) is 6.92. The summed E-state index contributed by atoms with van der Waals surface area (Å²) in [6.07, 6.45) is 0. The SMILES string of the molecule is ClC(Cl)OOOC(Cl)Cl. The van der Waals surface area contributed by atoms with Crippen molar-refractivity contribution < 1.29 is 14.8 Å².